The lowest BCUT2D eigenvalue weighted by Gasteiger charge is -2.27. The van der Waals surface area contributed by atoms with Gasteiger partial charge in [-0.2, -0.15) is 0 Å². The van der Waals surface area contributed by atoms with Crippen LogP contribution in [0.25, 0.3) is 0 Å². The van der Waals surface area contributed by atoms with Crippen molar-refractivity contribution in [3.63, 3.8) is 0 Å². The van der Waals surface area contributed by atoms with Gasteiger partial charge in [-0.05, 0) is 24.8 Å². The van der Waals surface area contributed by atoms with E-state index >= 15 is 0 Å². The summed E-state index contributed by atoms with van der Waals surface area (Å²) in [6.45, 7) is 5.40. The van der Waals surface area contributed by atoms with Gasteiger partial charge in [0, 0.05) is 0 Å². The highest BCUT2D eigenvalue weighted by atomic mass is 16.5. The highest BCUT2D eigenvalue weighted by molar-refractivity contribution is 5.83. The molecule has 0 saturated carbocycles. The van der Waals surface area contributed by atoms with Crippen molar-refractivity contribution in [1.29, 1.82) is 0 Å². The first-order valence-corrected chi connectivity index (χ1v) is 6.56. The van der Waals surface area contributed by atoms with Gasteiger partial charge in [-0.3, -0.25) is 0 Å². The molecular formula is C15H21NO4. The van der Waals surface area contributed by atoms with Gasteiger partial charge in [0.1, 0.15) is 12.1 Å². The summed E-state index contributed by atoms with van der Waals surface area (Å²) in [4.78, 5) is 23.0. The molecule has 1 atom stereocenters. The Morgan fingerprint density at radius 3 is 2.40 bits per heavy atom. The Kier molecular flexibility index (Phi) is 5.55. The summed E-state index contributed by atoms with van der Waals surface area (Å²) >= 11 is 0. The van der Waals surface area contributed by atoms with Crippen LogP contribution >= 0.6 is 0 Å². The van der Waals surface area contributed by atoms with E-state index in [0.717, 1.165) is 5.56 Å². The van der Waals surface area contributed by atoms with Gasteiger partial charge in [0.2, 0.25) is 0 Å². The Labute approximate surface area is 118 Å². The van der Waals surface area contributed by atoms with Crippen LogP contribution in [-0.4, -0.2) is 22.7 Å². The molecule has 0 aliphatic carbocycles. The molecule has 1 rings (SSSR count). The molecule has 0 aliphatic heterocycles. The van der Waals surface area contributed by atoms with Gasteiger partial charge < -0.3 is 15.2 Å². The maximum absolute atomic E-state index is 11.7. The van der Waals surface area contributed by atoms with Crippen molar-refractivity contribution in [2.45, 2.75) is 39.3 Å². The van der Waals surface area contributed by atoms with Crippen LogP contribution in [0.2, 0.25) is 0 Å². The molecule has 0 radical (unpaired) electrons. The molecule has 5 nitrogen and oxygen atoms in total. The largest absolute Gasteiger partial charge is 0.480 e. The van der Waals surface area contributed by atoms with Crippen LogP contribution in [0.15, 0.2) is 30.3 Å². The molecule has 0 bridgehead atoms. The molecule has 0 aliphatic rings. The summed E-state index contributed by atoms with van der Waals surface area (Å²) in [6.07, 6.45) is -0.387. The van der Waals surface area contributed by atoms with Crippen LogP contribution in [0.5, 0.6) is 0 Å². The van der Waals surface area contributed by atoms with Crippen LogP contribution in [0.3, 0.4) is 0 Å². The first kappa shape index (κ1) is 16.0. The van der Waals surface area contributed by atoms with E-state index in [1.54, 1.807) is 0 Å². The van der Waals surface area contributed by atoms with E-state index in [2.05, 4.69) is 5.32 Å². The third-order valence-electron chi connectivity index (χ3n) is 2.88. The van der Waals surface area contributed by atoms with Crippen LogP contribution < -0.4 is 5.32 Å². The lowest BCUT2D eigenvalue weighted by atomic mass is 9.91. The average Bonchev–Trinajstić information content (AvgIpc) is 2.36. The van der Waals surface area contributed by atoms with Gasteiger partial charge in [-0.25, -0.2) is 9.59 Å². The number of ether oxygens (including phenoxy) is 1. The van der Waals surface area contributed by atoms with Gasteiger partial charge in [-0.15, -0.1) is 0 Å². The van der Waals surface area contributed by atoms with E-state index in [0.29, 0.717) is 6.42 Å². The number of amides is 1. The molecule has 0 aromatic heterocycles. The van der Waals surface area contributed by atoms with Crippen LogP contribution in [0, 0.1) is 5.92 Å². The van der Waals surface area contributed by atoms with Gasteiger partial charge >= 0.3 is 12.1 Å². The second-order valence-electron chi connectivity index (χ2n) is 5.42. The third kappa shape index (κ3) is 4.91. The molecule has 1 aromatic rings. The minimum atomic E-state index is -1.32. The fourth-order valence-corrected chi connectivity index (χ4v) is 1.99. The summed E-state index contributed by atoms with van der Waals surface area (Å²) in [5.74, 6) is -0.923. The zero-order valence-corrected chi connectivity index (χ0v) is 12.1. The number of carbonyl (C=O) groups is 2. The van der Waals surface area contributed by atoms with Crippen molar-refractivity contribution in [1.82, 2.24) is 5.32 Å². The number of alkyl carbamates (subject to hydrolysis) is 1. The zero-order chi connectivity index (χ0) is 15.2. The number of benzene rings is 1. The SMILES string of the molecule is CC(C)C[C@](C)(NC(=O)OCc1ccccc1)C(=O)O. The van der Waals surface area contributed by atoms with Gasteiger partial charge in [0.25, 0.3) is 0 Å². The van der Waals surface area contributed by atoms with Gasteiger partial charge in [0.15, 0.2) is 0 Å². The second-order valence-corrected chi connectivity index (χ2v) is 5.42. The Balaban J connectivity index is 2.56. The van der Waals surface area contributed by atoms with Crippen LogP contribution in [0.1, 0.15) is 32.8 Å². The predicted octanol–water partition coefficient (Wildman–Crippen LogP) is 2.80. The number of carbonyl (C=O) groups excluding carboxylic acids is 1. The first-order chi connectivity index (χ1) is 9.33. The predicted molar refractivity (Wildman–Crippen MR) is 75.3 cm³/mol. The maximum atomic E-state index is 11.7. The lowest BCUT2D eigenvalue weighted by molar-refractivity contribution is -0.144. The molecule has 20 heavy (non-hydrogen) atoms. The molecule has 2 N–H and O–H groups in total. The smallest absolute Gasteiger partial charge is 0.408 e. The summed E-state index contributed by atoms with van der Waals surface area (Å²) in [6, 6.07) is 9.22. The highest BCUT2D eigenvalue weighted by Crippen LogP contribution is 2.17. The van der Waals surface area contributed by atoms with Gasteiger partial charge in [-0.1, -0.05) is 44.2 Å². The molecule has 1 amide bonds. The fourth-order valence-electron chi connectivity index (χ4n) is 1.99. The molecule has 0 saturated heterocycles. The van der Waals surface area contributed by atoms with Crippen LogP contribution in [0.4, 0.5) is 4.79 Å². The molecule has 0 spiro atoms. The van der Waals surface area contributed by atoms with Crippen molar-refractivity contribution in [2.24, 2.45) is 5.92 Å². The van der Waals surface area contributed by atoms with E-state index in [1.807, 2.05) is 44.2 Å². The zero-order valence-electron chi connectivity index (χ0n) is 12.1. The number of rotatable bonds is 6. The Bertz CT molecular complexity index is 458. The number of hydrogen-bond donors (Lipinski definition) is 2. The van der Waals surface area contributed by atoms with E-state index in [1.165, 1.54) is 6.92 Å². The number of carboxylic acid groups (broad SMARTS) is 1. The second kappa shape index (κ2) is 6.93. The van der Waals surface area contributed by atoms with E-state index in [4.69, 9.17) is 4.74 Å². The Morgan fingerprint density at radius 2 is 1.90 bits per heavy atom. The summed E-state index contributed by atoms with van der Waals surface area (Å²) < 4.78 is 5.04. The van der Waals surface area contributed by atoms with E-state index in [-0.39, 0.29) is 12.5 Å². The minimum absolute atomic E-state index is 0.115. The maximum Gasteiger partial charge on any atom is 0.408 e. The minimum Gasteiger partial charge on any atom is -0.480 e. The average molecular weight is 279 g/mol. The fraction of sp³-hybridized carbons (Fsp3) is 0.467. The molecule has 1 aromatic carbocycles. The highest BCUT2D eigenvalue weighted by Gasteiger charge is 2.36. The Hall–Kier alpha value is -2.04. The quantitative estimate of drug-likeness (QED) is 0.839. The van der Waals surface area contributed by atoms with Crippen molar-refractivity contribution >= 4 is 12.1 Å². The van der Waals surface area contributed by atoms with Gasteiger partial charge in [0.05, 0.1) is 0 Å². The molecule has 110 valence electrons. The molecule has 0 heterocycles. The number of carboxylic acids is 1. The molecule has 0 fully saturated rings. The van der Waals surface area contributed by atoms with Crippen molar-refractivity contribution < 1.29 is 19.4 Å². The summed E-state index contributed by atoms with van der Waals surface area (Å²) in [5, 5.41) is 11.7. The summed E-state index contributed by atoms with van der Waals surface area (Å²) in [7, 11) is 0. The molecular weight excluding hydrogens is 258 g/mol. The van der Waals surface area contributed by atoms with Crippen molar-refractivity contribution in [3.05, 3.63) is 35.9 Å². The topological polar surface area (TPSA) is 75.6 Å². The molecule has 5 heteroatoms. The number of aliphatic carboxylic acids is 1. The Morgan fingerprint density at radius 1 is 1.30 bits per heavy atom. The summed E-state index contributed by atoms with van der Waals surface area (Å²) in [5.41, 5.74) is -0.467. The number of hydrogen-bond acceptors (Lipinski definition) is 3. The van der Waals surface area contributed by atoms with Crippen molar-refractivity contribution in [3.8, 4) is 0 Å². The van der Waals surface area contributed by atoms with Crippen LogP contribution in [-0.2, 0) is 16.1 Å². The van der Waals surface area contributed by atoms with Crippen molar-refractivity contribution in [2.75, 3.05) is 0 Å². The number of nitrogens with one attached hydrogen (secondary N) is 1. The standard InChI is InChI=1S/C15H21NO4/c1-11(2)9-15(3,13(17)18)16-14(19)20-10-12-7-5-4-6-8-12/h4-8,11H,9-10H2,1-3H3,(H,16,19)(H,17,18)/t15-/m0/s1. The monoisotopic (exact) mass is 279 g/mol. The van der Waals surface area contributed by atoms with E-state index < -0.39 is 17.6 Å². The lowest BCUT2D eigenvalue weighted by Crippen LogP contribution is -2.53. The normalized spacial score (nSPS) is 13.6. The third-order valence-corrected chi connectivity index (χ3v) is 2.88. The molecule has 0 unspecified atom stereocenters. The first-order valence-electron chi connectivity index (χ1n) is 6.56. The van der Waals surface area contributed by atoms with E-state index in [9.17, 15) is 14.7 Å².